The summed E-state index contributed by atoms with van der Waals surface area (Å²) < 4.78 is 12.4. The highest BCUT2D eigenvalue weighted by Crippen LogP contribution is 2.58. The van der Waals surface area contributed by atoms with Crippen molar-refractivity contribution in [2.45, 2.75) is 83.2 Å². The third kappa shape index (κ3) is 2.14. The summed E-state index contributed by atoms with van der Waals surface area (Å²) in [5, 5.41) is 0. The molecule has 0 aromatic heterocycles. The molecule has 0 amide bonds. The third-order valence-corrected chi connectivity index (χ3v) is 5.77. The van der Waals surface area contributed by atoms with Gasteiger partial charge in [-0.1, -0.05) is 32.1 Å². The molecule has 2 nitrogen and oxygen atoms in total. The summed E-state index contributed by atoms with van der Waals surface area (Å²) in [4.78, 5) is 0. The molecule has 18 heavy (non-hydrogen) atoms. The fourth-order valence-electron chi connectivity index (χ4n) is 3.72. The first-order valence-electron chi connectivity index (χ1n) is 7.76. The van der Waals surface area contributed by atoms with Gasteiger partial charge in [-0.05, 0) is 51.8 Å². The van der Waals surface area contributed by atoms with Crippen LogP contribution in [0, 0.1) is 11.8 Å². The van der Waals surface area contributed by atoms with Gasteiger partial charge in [-0.15, -0.1) is 0 Å². The van der Waals surface area contributed by atoms with Gasteiger partial charge in [0, 0.05) is 0 Å². The van der Waals surface area contributed by atoms with Crippen molar-refractivity contribution < 1.29 is 9.31 Å². The smallest absolute Gasteiger partial charge is 0.403 e. The summed E-state index contributed by atoms with van der Waals surface area (Å²) in [5.74, 6) is 2.52. The van der Waals surface area contributed by atoms with Crippen LogP contribution in [0.15, 0.2) is 0 Å². The van der Waals surface area contributed by atoms with E-state index in [9.17, 15) is 0 Å². The second kappa shape index (κ2) is 4.24. The molecule has 3 rings (SSSR count). The van der Waals surface area contributed by atoms with E-state index in [0.29, 0.717) is 5.82 Å². The van der Waals surface area contributed by atoms with Gasteiger partial charge >= 0.3 is 7.12 Å². The van der Waals surface area contributed by atoms with Crippen LogP contribution < -0.4 is 0 Å². The average Bonchev–Trinajstić information content (AvgIpc) is 3.04. The number of rotatable bonds is 2. The Morgan fingerprint density at radius 3 is 2.00 bits per heavy atom. The van der Waals surface area contributed by atoms with E-state index >= 15 is 0 Å². The molecule has 0 spiro atoms. The van der Waals surface area contributed by atoms with Gasteiger partial charge in [0.2, 0.25) is 0 Å². The molecule has 2 aliphatic carbocycles. The molecule has 2 atom stereocenters. The van der Waals surface area contributed by atoms with Crippen molar-refractivity contribution in [1.82, 2.24) is 0 Å². The minimum absolute atomic E-state index is 0.0573. The second-order valence-corrected chi connectivity index (χ2v) is 7.59. The molecule has 3 heteroatoms. The van der Waals surface area contributed by atoms with E-state index in [-0.39, 0.29) is 18.3 Å². The molecule has 3 aliphatic rings. The maximum atomic E-state index is 6.19. The Kier molecular flexibility index (Phi) is 3.06. The van der Waals surface area contributed by atoms with Crippen LogP contribution in [0.4, 0.5) is 0 Å². The van der Waals surface area contributed by atoms with E-state index in [1.807, 2.05) is 0 Å². The molecule has 0 aromatic carbocycles. The lowest BCUT2D eigenvalue weighted by Crippen LogP contribution is -2.41. The minimum Gasteiger partial charge on any atom is -0.403 e. The molecular formula is C15H27BO2. The van der Waals surface area contributed by atoms with Crippen molar-refractivity contribution >= 4 is 7.12 Å². The first-order valence-corrected chi connectivity index (χ1v) is 7.76. The van der Waals surface area contributed by atoms with Crippen LogP contribution >= 0.6 is 0 Å². The topological polar surface area (TPSA) is 18.5 Å². The molecule has 1 saturated heterocycles. The van der Waals surface area contributed by atoms with Crippen molar-refractivity contribution in [1.29, 1.82) is 0 Å². The zero-order valence-corrected chi connectivity index (χ0v) is 12.4. The Labute approximate surface area is 112 Å². The summed E-state index contributed by atoms with van der Waals surface area (Å²) in [6, 6.07) is 0. The van der Waals surface area contributed by atoms with Gasteiger partial charge in [0.1, 0.15) is 0 Å². The van der Waals surface area contributed by atoms with Gasteiger partial charge in [0.15, 0.2) is 0 Å². The zero-order valence-electron chi connectivity index (χ0n) is 12.4. The van der Waals surface area contributed by atoms with Gasteiger partial charge in [-0.2, -0.15) is 0 Å². The number of hydrogen-bond donors (Lipinski definition) is 0. The minimum atomic E-state index is -0.155. The Morgan fingerprint density at radius 2 is 1.44 bits per heavy atom. The van der Waals surface area contributed by atoms with Crippen LogP contribution in [0.5, 0.6) is 0 Å². The lowest BCUT2D eigenvalue weighted by Gasteiger charge is -2.32. The fraction of sp³-hybridized carbons (Fsp3) is 1.00. The Hall–Kier alpha value is -0.0151. The van der Waals surface area contributed by atoms with Gasteiger partial charge in [-0.25, -0.2) is 0 Å². The third-order valence-electron chi connectivity index (χ3n) is 5.77. The molecular weight excluding hydrogens is 223 g/mol. The molecule has 0 N–H and O–H groups in total. The molecule has 1 heterocycles. The molecule has 3 fully saturated rings. The van der Waals surface area contributed by atoms with Crippen molar-refractivity contribution in [3.63, 3.8) is 0 Å². The maximum Gasteiger partial charge on any atom is 0.461 e. The summed E-state index contributed by atoms with van der Waals surface area (Å²) >= 11 is 0. The van der Waals surface area contributed by atoms with Gasteiger partial charge in [-0.3, -0.25) is 0 Å². The van der Waals surface area contributed by atoms with E-state index in [0.717, 1.165) is 11.8 Å². The molecule has 2 saturated carbocycles. The lowest BCUT2D eigenvalue weighted by atomic mass is 9.76. The predicted octanol–water partition coefficient (Wildman–Crippen LogP) is 4.05. The van der Waals surface area contributed by atoms with Gasteiger partial charge in [0.05, 0.1) is 11.2 Å². The zero-order chi connectivity index (χ0) is 13.0. The van der Waals surface area contributed by atoms with Crippen molar-refractivity contribution in [2.24, 2.45) is 11.8 Å². The second-order valence-electron chi connectivity index (χ2n) is 7.59. The van der Waals surface area contributed by atoms with Crippen LogP contribution in [-0.4, -0.2) is 18.3 Å². The van der Waals surface area contributed by atoms with E-state index in [1.165, 1.54) is 38.5 Å². The van der Waals surface area contributed by atoms with Gasteiger partial charge < -0.3 is 9.31 Å². The highest BCUT2D eigenvalue weighted by atomic mass is 16.7. The standard InChI is InChI=1S/C15H27BO2/c1-14(2)15(3,4)18-16(17-14)13-10-12(13)11-8-6-5-7-9-11/h11-13H,5-10H2,1-4H3. The SMILES string of the molecule is CC1(C)OB(C2CC2C2CCCCC2)OC1(C)C. The molecule has 0 bridgehead atoms. The van der Waals surface area contributed by atoms with Crippen LogP contribution in [0.1, 0.15) is 66.2 Å². The van der Waals surface area contributed by atoms with Crippen LogP contribution in [-0.2, 0) is 9.31 Å². The maximum absolute atomic E-state index is 6.19. The van der Waals surface area contributed by atoms with E-state index < -0.39 is 0 Å². The quantitative estimate of drug-likeness (QED) is 0.688. The Bertz CT molecular complexity index is 304. The van der Waals surface area contributed by atoms with E-state index in [4.69, 9.17) is 9.31 Å². The first-order chi connectivity index (χ1) is 8.41. The molecule has 0 aromatic rings. The summed E-state index contributed by atoms with van der Waals surface area (Å²) in [6.07, 6.45) is 8.56. The lowest BCUT2D eigenvalue weighted by molar-refractivity contribution is 0.00578. The highest BCUT2D eigenvalue weighted by Gasteiger charge is 2.60. The predicted molar refractivity (Wildman–Crippen MR) is 74.5 cm³/mol. The Morgan fingerprint density at radius 1 is 0.889 bits per heavy atom. The number of hydrogen-bond acceptors (Lipinski definition) is 2. The Balaban J connectivity index is 1.59. The molecule has 102 valence electrons. The molecule has 1 aliphatic heterocycles. The van der Waals surface area contributed by atoms with E-state index in [2.05, 4.69) is 27.7 Å². The average molecular weight is 250 g/mol. The van der Waals surface area contributed by atoms with Crippen LogP contribution in [0.3, 0.4) is 0 Å². The fourth-order valence-corrected chi connectivity index (χ4v) is 3.72. The highest BCUT2D eigenvalue weighted by molar-refractivity contribution is 6.48. The van der Waals surface area contributed by atoms with Crippen molar-refractivity contribution in [3.8, 4) is 0 Å². The molecule has 2 unspecified atom stereocenters. The normalized spacial score (nSPS) is 39.0. The van der Waals surface area contributed by atoms with Crippen LogP contribution in [0.2, 0.25) is 5.82 Å². The van der Waals surface area contributed by atoms with Crippen molar-refractivity contribution in [2.75, 3.05) is 0 Å². The van der Waals surface area contributed by atoms with Crippen molar-refractivity contribution in [3.05, 3.63) is 0 Å². The monoisotopic (exact) mass is 250 g/mol. The summed E-state index contributed by atoms with van der Waals surface area (Å²) in [6.45, 7) is 8.63. The first kappa shape index (κ1) is 13.0. The summed E-state index contributed by atoms with van der Waals surface area (Å²) in [7, 11) is 0.0573. The van der Waals surface area contributed by atoms with Crippen LogP contribution in [0.25, 0.3) is 0 Å². The summed E-state index contributed by atoms with van der Waals surface area (Å²) in [5.41, 5.74) is -0.311. The van der Waals surface area contributed by atoms with Gasteiger partial charge in [0.25, 0.3) is 0 Å². The van der Waals surface area contributed by atoms with E-state index in [1.54, 1.807) is 0 Å². The molecule has 0 radical (unpaired) electrons. The largest absolute Gasteiger partial charge is 0.461 e.